The average Bonchev–Trinajstić information content (AvgIpc) is 2.68. The fourth-order valence-corrected chi connectivity index (χ4v) is 1.74. The minimum absolute atomic E-state index is 0.696. The summed E-state index contributed by atoms with van der Waals surface area (Å²) in [5.41, 5.74) is 3.15. The molecule has 1 heterocycles. The summed E-state index contributed by atoms with van der Waals surface area (Å²) in [6, 6.07) is 8.30. The molecular weight excluding hydrogens is 234 g/mol. The average molecular weight is 250 g/mol. The van der Waals surface area contributed by atoms with Crippen molar-refractivity contribution in [2.75, 3.05) is 6.54 Å². The number of nitrogens with zero attached hydrogens (tertiary/aromatic N) is 2. The SMILES string of the molecule is CCNCc1ccc(-n2cc(Cl)c(C)n2)cc1. The first kappa shape index (κ1) is 12.1. The summed E-state index contributed by atoms with van der Waals surface area (Å²) in [5, 5.41) is 8.33. The normalized spacial score (nSPS) is 10.8. The van der Waals surface area contributed by atoms with E-state index in [9.17, 15) is 0 Å². The number of halogens is 1. The van der Waals surface area contributed by atoms with Gasteiger partial charge < -0.3 is 5.32 Å². The Balaban J connectivity index is 2.17. The lowest BCUT2D eigenvalue weighted by molar-refractivity contribution is 0.726. The fourth-order valence-electron chi connectivity index (χ4n) is 1.61. The molecule has 2 aromatic rings. The number of hydrogen-bond acceptors (Lipinski definition) is 2. The summed E-state index contributed by atoms with van der Waals surface area (Å²) >= 11 is 5.99. The first-order chi connectivity index (χ1) is 8.20. The zero-order valence-electron chi connectivity index (χ0n) is 10.1. The highest BCUT2D eigenvalue weighted by Crippen LogP contribution is 2.16. The van der Waals surface area contributed by atoms with E-state index in [0.717, 1.165) is 24.5 Å². The monoisotopic (exact) mass is 249 g/mol. The third-order valence-corrected chi connectivity index (χ3v) is 2.99. The summed E-state index contributed by atoms with van der Waals surface area (Å²) in [5.74, 6) is 0. The third-order valence-electron chi connectivity index (χ3n) is 2.62. The van der Waals surface area contributed by atoms with Crippen LogP contribution in [0.2, 0.25) is 5.02 Å². The lowest BCUT2D eigenvalue weighted by Crippen LogP contribution is -2.11. The Kier molecular flexibility index (Phi) is 3.82. The zero-order valence-corrected chi connectivity index (χ0v) is 10.8. The van der Waals surface area contributed by atoms with Gasteiger partial charge in [0.1, 0.15) is 0 Å². The second-order valence-electron chi connectivity index (χ2n) is 3.95. The van der Waals surface area contributed by atoms with Gasteiger partial charge in [0.2, 0.25) is 0 Å². The van der Waals surface area contributed by atoms with Crippen molar-refractivity contribution < 1.29 is 0 Å². The predicted molar refractivity (Wildman–Crippen MR) is 70.7 cm³/mol. The molecule has 0 aliphatic rings. The molecule has 0 atom stereocenters. The van der Waals surface area contributed by atoms with Gasteiger partial charge in [0.25, 0.3) is 0 Å². The Morgan fingerprint density at radius 3 is 2.53 bits per heavy atom. The molecule has 0 fully saturated rings. The largest absolute Gasteiger partial charge is 0.313 e. The van der Waals surface area contributed by atoms with E-state index in [4.69, 9.17) is 11.6 Å². The number of nitrogens with one attached hydrogen (secondary N) is 1. The molecule has 90 valence electrons. The summed E-state index contributed by atoms with van der Waals surface area (Å²) < 4.78 is 1.80. The van der Waals surface area contributed by atoms with Crippen LogP contribution in [0.3, 0.4) is 0 Å². The van der Waals surface area contributed by atoms with Crippen molar-refractivity contribution in [3.8, 4) is 5.69 Å². The lowest BCUT2D eigenvalue weighted by Gasteiger charge is -2.04. The van der Waals surface area contributed by atoms with Crippen LogP contribution in [0.4, 0.5) is 0 Å². The van der Waals surface area contributed by atoms with Crippen molar-refractivity contribution in [3.05, 3.63) is 46.7 Å². The molecule has 17 heavy (non-hydrogen) atoms. The van der Waals surface area contributed by atoms with E-state index in [0.29, 0.717) is 5.02 Å². The van der Waals surface area contributed by atoms with Crippen LogP contribution in [-0.2, 0) is 6.54 Å². The van der Waals surface area contributed by atoms with Gasteiger partial charge in [-0.1, -0.05) is 30.7 Å². The van der Waals surface area contributed by atoms with Crippen LogP contribution >= 0.6 is 11.6 Å². The second-order valence-corrected chi connectivity index (χ2v) is 4.36. The van der Waals surface area contributed by atoms with Crippen molar-refractivity contribution in [2.24, 2.45) is 0 Å². The van der Waals surface area contributed by atoms with E-state index in [1.165, 1.54) is 5.56 Å². The van der Waals surface area contributed by atoms with Crippen molar-refractivity contribution in [1.29, 1.82) is 0 Å². The van der Waals surface area contributed by atoms with E-state index in [2.05, 4.69) is 41.6 Å². The van der Waals surface area contributed by atoms with Crippen molar-refractivity contribution in [1.82, 2.24) is 15.1 Å². The molecule has 4 heteroatoms. The summed E-state index contributed by atoms with van der Waals surface area (Å²) in [6.07, 6.45) is 1.83. The summed E-state index contributed by atoms with van der Waals surface area (Å²) in [7, 11) is 0. The minimum Gasteiger partial charge on any atom is -0.313 e. The molecule has 1 aromatic heterocycles. The topological polar surface area (TPSA) is 29.9 Å². The van der Waals surface area contributed by atoms with E-state index in [1.807, 2.05) is 13.1 Å². The zero-order chi connectivity index (χ0) is 12.3. The van der Waals surface area contributed by atoms with Crippen molar-refractivity contribution >= 4 is 11.6 Å². The van der Waals surface area contributed by atoms with Crippen molar-refractivity contribution in [3.63, 3.8) is 0 Å². The number of rotatable bonds is 4. The van der Waals surface area contributed by atoms with Crippen LogP contribution < -0.4 is 5.32 Å². The highest BCUT2D eigenvalue weighted by atomic mass is 35.5. The molecule has 2 rings (SSSR count). The lowest BCUT2D eigenvalue weighted by atomic mass is 10.2. The third kappa shape index (κ3) is 2.87. The molecule has 0 radical (unpaired) electrons. The molecular formula is C13H16ClN3. The minimum atomic E-state index is 0.696. The van der Waals surface area contributed by atoms with Crippen LogP contribution in [0.25, 0.3) is 5.69 Å². The van der Waals surface area contributed by atoms with Gasteiger partial charge in [0.15, 0.2) is 0 Å². The van der Waals surface area contributed by atoms with Gasteiger partial charge in [-0.15, -0.1) is 0 Å². The maximum Gasteiger partial charge on any atom is 0.0819 e. The highest BCUT2D eigenvalue weighted by Gasteiger charge is 2.03. The van der Waals surface area contributed by atoms with Crippen LogP contribution in [0.15, 0.2) is 30.5 Å². The first-order valence-electron chi connectivity index (χ1n) is 5.72. The quantitative estimate of drug-likeness (QED) is 0.903. The second kappa shape index (κ2) is 5.34. The number of hydrogen-bond donors (Lipinski definition) is 1. The van der Waals surface area contributed by atoms with Gasteiger partial charge in [-0.3, -0.25) is 0 Å². The molecule has 0 saturated heterocycles. The van der Waals surface area contributed by atoms with Gasteiger partial charge in [0.05, 0.1) is 16.4 Å². The van der Waals surface area contributed by atoms with Crippen LogP contribution in [-0.4, -0.2) is 16.3 Å². The molecule has 0 unspecified atom stereocenters. The Bertz CT molecular complexity index is 468. The van der Waals surface area contributed by atoms with Gasteiger partial charge in [-0.2, -0.15) is 5.10 Å². The van der Waals surface area contributed by atoms with Crippen LogP contribution in [0, 0.1) is 6.92 Å². The van der Waals surface area contributed by atoms with E-state index in [1.54, 1.807) is 4.68 Å². The van der Waals surface area contributed by atoms with Gasteiger partial charge >= 0.3 is 0 Å². The number of benzene rings is 1. The standard InChI is InChI=1S/C13H16ClN3/c1-3-15-8-11-4-6-12(7-5-11)17-9-13(14)10(2)16-17/h4-7,9,15H,3,8H2,1-2H3. The summed E-state index contributed by atoms with van der Waals surface area (Å²) in [4.78, 5) is 0. The number of aromatic nitrogens is 2. The maximum absolute atomic E-state index is 5.99. The molecule has 0 saturated carbocycles. The summed E-state index contributed by atoms with van der Waals surface area (Å²) in [6.45, 7) is 5.88. The fraction of sp³-hybridized carbons (Fsp3) is 0.308. The molecule has 1 N–H and O–H groups in total. The molecule has 0 aliphatic heterocycles. The molecule has 0 bridgehead atoms. The van der Waals surface area contributed by atoms with E-state index < -0.39 is 0 Å². The highest BCUT2D eigenvalue weighted by molar-refractivity contribution is 6.31. The molecule has 3 nitrogen and oxygen atoms in total. The Labute approximate surface area is 106 Å². The van der Waals surface area contributed by atoms with E-state index in [-0.39, 0.29) is 0 Å². The molecule has 0 amide bonds. The predicted octanol–water partition coefficient (Wildman–Crippen LogP) is 2.94. The Hall–Kier alpha value is -1.32. The van der Waals surface area contributed by atoms with Gasteiger partial charge in [-0.25, -0.2) is 4.68 Å². The Morgan fingerprint density at radius 1 is 1.29 bits per heavy atom. The van der Waals surface area contributed by atoms with Gasteiger partial charge in [0, 0.05) is 12.7 Å². The smallest absolute Gasteiger partial charge is 0.0819 e. The van der Waals surface area contributed by atoms with Crippen molar-refractivity contribution in [2.45, 2.75) is 20.4 Å². The number of aryl methyl sites for hydroxylation is 1. The van der Waals surface area contributed by atoms with Crippen LogP contribution in [0.1, 0.15) is 18.2 Å². The Morgan fingerprint density at radius 2 is 2.00 bits per heavy atom. The van der Waals surface area contributed by atoms with Gasteiger partial charge in [-0.05, 0) is 31.2 Å². The molecule has 1 aromatic carbocycles. The molecule has 0 aliphatic carbocycles. The van der Waals surface area contributed by atoms with E-state index >= 15 is 0 Å². The molecule has 0 spiro atoms. The van der Waals surface area contributed by atoms with Crippen LogP contribution in [0.5, 0.6) is 0 Å². The maximum atomic E-state index is 5.99. The first-order valence-corrected chi connectivity index (χ1v) is 6.10.